The van der Waals surface area contributed by atoms with E-state index in [4.69, 9.17) is 0 Å². The second kappa shape index (κ2) is 5.96. The van der Waals surface area contributed by atoms with Gasteiger partial charge in [-0.05, 0) is 34.4 Å². The Morgan fingerprint density at radius 3 is 2.65 bits per heavy atom. The molecular formula is C14H17NOS. The highest BCUT2D eigenvalue weighted by atomic mass is 32.1. The lowest BCUT2D eigenvalue weighted by molar-refractivity contribution is 0.174. The molecule has 1 unspecified atom stereocenters. The van der Waals surface area contributed by atoms with Gasteiger partial charge >= 0.3 is 0 Å². The van der Waals surface area contributed by atoms with Crippen molar-refractivity contribution in [3.8, 4) is 0 Å². The number of nitrogens with one attached hydrogen (secondary N) is 1. The van der Waals surface area contributed by atoms with Crippen LogP contribution in [0.4, 0.5) is 0 Å². The van der Waals surface area contributed by atoms with Gasteiger partial charge < -0.3 is 10.4 Å². The molecule has 0 saturated heterocycles. The molecule has 0 aliphatic carbocycles. The fourth-order valence-electron chi connectivity index (χ4n) is 1.70. The van der Waals surface area contributed by atoms with Crippen molar-refractivity contribution in [3.63, 3.8) is 0 Å². The van der Waals surface area contributed by atoms with Crippen LogP contribution in [0.1, 0.15) is 22.8 Å². The maximum absolute atomic E-state index is 9.96. The Hall–Kier alpha value is -1.16. The third kappa shape index (κ3) is 3.40. The van der Waals surface area contributed by atoms with Crippen LogP contribution in [0.3, 0.4) is 0 Å². The van der Waals surface area contributed by atoms with Gasteiger partial charge in [-0.3, -0.25) is 0 Å². The molecule has 17 heavy (non-hydrogen) atoms. The predicted molar refractivity (Wildman–Crippen MR) is 72.2 cm³/mol. The first-order valence-corrected chi connectivity index (χ1v) is 6.67. The smallest absolute Gasteiger partial charge is 0.0914 e. The van der Waals surface area contributed by atoms with Crippen molar-refractivity contribution < 1.29 is 5.11 Å². The number of aliphatic hydroxyl groups excluding tert-OH is 1. The average molecular weight is 247 g/mol. The molecule has 2 rings (SSSR count). The Labute approximate surface area is 106 Å². The van der Waals surface area contributed by atoms with E-state index in [-0.39, 0.29) is 0 Å². The monoisotopic (exact) mass is 247 g/mol. The Kier molecular flexibility index (Phi) is 4.31. The molecule has 0 spiro atoms. The number of hydrogen-bond acceptors (Lipinski definition) is 3. The van der Waals surface area contributed by atoms with Crippen LogP contribution >= 0.6 is 11.3 Å². The van der Waals surface area contributed by atoms with Crippen molar-refractivity contribution in [1.82, 2.24) is 5.32 Å². The van der Waals surface area contributed by atoms with E-state index < -0.39 is 6.10 Å². The van der Waals surface area contributed by atoms with Gasteiger partial charge in [0.25, 0.3) is 0 Å². The lowest BCUT2D eigenvalue weighted by Crippen LogP contribution is -2.21. The zero-order chi connectivity index (χ0) is 12.1. The Morgan fingerprint density at radius 1 is 1.24 bits per heavy atom. The molecule has 2 aromatic rings. The first-order valence-electron chi connectivity index (χ1n) is 5.73. The van der Waals surface area contributed by atoms with Gasteiger partial charge in [0, 0.05) is 13.1 Å². The zero-order valence-electron chi connectivity index (χ0n) is 9.89. The fraction of sp³-hybridized carbons (Fsp3) is 0.286. The van der Waals surface area contributed by atoms with Crippen LogP contribution in [-0.4, -0.2) is 11.7 Å². The summed E-state index contributed by atoms with van der Waals surface area (Å²) < 4.78 is 0. The number of aliphatic hydroxyl groups is 1. The molecule has 0 aliphatic heterocycles. The maximum atomic E-state index is 9.96. The van der Waals surface area contributed by atoms with E-state index in [0.29, 0.717) is 6.54 Å². The van der Waals surface area contributed by atoms with Gasteiger partial charge in [-0.2, -0.15) is 11.3 Å². The van der Waals surface area contributed by atoms with Crippen LogP contribution < -0.4 is 5.32 Å². The Balaban J connectivity index is 1.81. The third-order valence-corrected chi connectivity index (χ3v) is 3.71. The van der Waals surface area contributed by atoms with Gasteiger partial charge in [0.2, 0.25) is 0 Å². The predicted octanol–water partition coefficient (Wildman–Crippen LogP) is 2.88. The molecule has 2 N–H and O–H groups in total. The molecule has 0 radical (unpaired) electrons. The summed E-state index contributed by atoms with van der Waals surface area (Å²) in [6.45, 7) is 3.51. The Bertz CT molecular complexity index is 452. The summed E-state index contributed by atoms with van der Waals surface area (Å²) in [5.74, 6) is 0. The van der Waals surface area contributed by atoms with E-state index in [0.717, 1.165) is 12.1 Å². The summed E-state index contributed by atoms with van der Waals surface area (Å²) in [6, 6.07) is 9.74. The lowest BCUT2D eigenvalue weighted by Gasteiger charge is -2.12. The highest BCUT2D eigenvalue weighted by molar-refractivity contribution is 7.08. The molecular weight excluding hydrogens is 230 g/mol. The number of hydrogen-bond donors (Lipinski definition) is 2. The minimum atomic E-state index is -0.435. The van der Waals surface area contributed by atoms with Gasteiger partial charge in [-0.25, -0.2) is 0 Å². The topological polar surface area (TPSA) is 32.3 Å². The van der Waals surface area contributed by atoms with Crippen molar-refractivity contribution in [2.75, 3.05) is 6.54 Å². The summed E-state index contributed by atoms with van der Waals surface area (Å²) in [7, 11) is 0. The first kappa shape index (κ1) is 12.3. The van der Waals surface area contributed by atoms with E-state index in [2.05, 4.69) is 23.0 Å². The van der Waals surface area contributed by atoms with Crippen LogP contribution in [0.2, 0.25) is 0 Å². The molecule has 0 fully saturated rings. The molecule has 0 bridgehead atoms. The van der Waals surface area contributed by atoms with E-state index in [1.54, 1.807) is 11.3 Å². The van der Waals surface area contributed by atoms with Gasteiger partial charge in [-0.1, -0.05) is 30.3 Å². The molecule has 1 atom stereocenters. The van der Waals surface area contributed by atoms with Crippen molar-refractivity contribution in [3.05, 3.63) is 57.8 Å². The molecule has 0 aliphatic rings. The van der Waals surface area contributed by atoms with Crippen molar-refractivity contribution in [1.29, 1.82) is 0 Å². The largest absolute Gasteiger partial charge is 0.387 e. The molecule has 1 aromatic heterocycles. The maximum Gasteiger partial charge on any atom is 0.0914 e. The molecule has 0 amide bonds. The summed E-state index contributed by atoms with van der Waals surface area (Å²) in [4.78, 5) is 0. The lowest BCUT2D eigenvalue weighted by atomic mass is 10.1. The van der Waals surface area contributed by atoms with Gasteiger partial charge in [-0.15, -0.1) is 0 Å². The van der Waals surface area contributed by atoms with Crippen LogP contribution in [0.25, 0.3) is 0 Å². The summed E-state index contributed by atoms with van der Waals surface area (Å²) in [6.07, 6.45) is -0.435. The van der Waals surface area contributed by atoms with Crippen LogP contribution in [-0.2, 0) is 6.54 Å². The van der Waals surface area contributed by atoms with Crippen LogP contribution in [0, 0.1) is 6.92 Å². The quantitative estimate of drug-likeness (QED) is 0.851. The minimum Gasteiger partial charge on any atom is -0.387 e. The van der Waals surface area contributed by atoms with Crippen LogP contribution in [0.15, 0.2) is 41.1 Å². The molecule has 0 saturated carbocycles. The second-order valence-corrected chi connectivity index (χ2v) is 4.88. The van der Waals surface area contributed by atoms with E-state index >= 15 is 0 Å². The molecule has 90 valence electrons. The highest BCUT2D eigenvalue weighted by Crippen LogP contribution is 2.14. The van der Waals surface area contributed by atoms with Crippen molar-refractivity contribution in [2.45, 2.75) is 19.6 Å². The highest BCUT2D eigenvalue weighted by Gasteiger charge is 2.06. The number of benzene rings is 1. The molecule has 1 heterocycles. The van der Waals surface area contributed by atoms with Crippen molar-refractivity contribution >= 4 is 11.3 Å². The number of aryl methyl sites for hydroxylation is 1. The number of thiophene rings is 1. The summed E-state index contributed by atoms with van der Waals surface area (Å²) in [5, 5.41) is 17.5. The first-order chi connectivity index (χ1) is 8.27. The van der Waals surface area contributed by atoms with Gasteiger partial charge in [0.1, 0.15) is 0 Å². The molecule has 3 heteroatoms. The van der Waals surface area contributed by atoms with E-state index in [1.165, 1.54) is 11.1 Å². The standard InChI is InChI=1S/C14H17NOS/c1-11-9-17-10-13(11)7-15-8-14(16)12-5-3-2-4-6-12/h2-6,9-10,14-16H,7-8H2,1H3. The van der Waals surface area contributed by atoms with Gasteiger partial charge in [0.15, 0.2) is 0 Å². The van der Waals surface area contributed by atoms with E-state index in [1.807, 2.05) is 30.3 Å². The Morgan fingerprint density at radius 2 is 2.00 bits per heavy atom. The average Bonchev–Trinajstić information content (AvgIpc) is 2.76. The fourth-order valence-corrected chi connectivity index (χ4v) is 2.56. The number of rotatable bonds is 5. The third-order valence-electron chi connectivity index (χ3n) is 2.80. The second-order valence-electron chi connectivity index (χ2n) is 4.14. The zero-order valence-corrected chi connectivity index (χ0v) is 10.7. The van der Waals surface area contributed by atoms with Gasteiger partial charge in [0.05, 0.1) is 6.10 Å². The SMILES string of the molecule is Cc1cscc1CNCC(O)c1ccccc1. The van der Waals surface area contributed by atoms with Crippen LogP contribution in [0.5, 0.6) is 0 Å². The summed E-state index contributed by atoms with van der Waals surface area (Å²) >= 11 is 1.72. The minimum absolute atomic E-state index is 0.435. The summed E-state index contributed by atoms with van der Waals surface area (Å²) in [5.41, 5.74) is 3.59. The molecule has 1 aromatic carbocycles. The normalized spacial score (nSPS) is 12.6. The van der Waals surface area contributed by atoms with Crippen molar-refractivity contribution in [2.24, 2.45) is 0 Å². The molecule has 2 nitrogen and oxygen atoms in total. The van der Waals surface area contributed by atoms with E-state index in [9.17, 15) is 5.11 Å².